The Bertz CT molecular complexity index is 910. The summed E-state index contributed by atoms with van der Waals surface area (Å²) in [6.45, 7) is 6.33. The van der Waals surface area contributed by atoms with Crippen LogP contribution in [-0.2, 0) is 21.4 Å². The number of benzene rings is 1. The van der Waals surface area contributed by atoms with E-state index in [0.29, 0.717) is 23.1 Å². The highest BCUT2D eigenvalue weighted by atomic mass is 32.2. The van der Waals surface area contributed by atoms with Crippen LogP contribution in [0.2, 0.25) is 0 Å². The van der Waals surface area contributed by atoms with Crippen molar-refractivity contribution >= 4 is 32.4 Å². The third-order valence-corrected chi connectivity index (χ3v) is 6.96. The van der Waals surface area contributed by atoms with Crippen LogP contribution in [0.25, 0.3) is 0 Å². The maximum absolute atomic E-state index is 12.5. The van der Waals surface area contributed by atoms with E-state index in [2.05, 4.69) is 19.9 Å². The van der Waals surface area contributed by atoms with Crippen molar-refractivity contribution in [2.75, 3.05) is 25.0 Å². The molecule has 2 aromatic rings. The molecule has 0 spiro atoms. The molecule has 9 heteroatoms. The Morgan fingerprint density at radius 2 is 2.07 bits per heavy atom. The molecule has 1 aromatic carbocycles. The van der Waals surface area contributed by atoms with Crippen molar-refractivity contribution in [3.05, 3.63) is 40.9 Å². The van der Waals surface area contributed by atoms with Crippen molar-refractivity contribution in [1.29, 1.82) is 0 Å². The number of nitrogens with zero attached hydrogens (tertiary/aromatic N) is 2. The number of anilines is 1. The number of carbonyl (C=O) groups excluding carboxylic acids is 1. The first kappa shape index (κ1) is 20.9. The molecule has 1 aromatic heterocycles. The van der Waals surface area contributed by atoms with E-state index < -0.39 is 10.0 Å². The molecule has 0 bridgehead atoms. The number of carbonyl (C=O) groups is 1. The molecule has 152 valence electrons. The number of likely N-dealkylation sites (tertiary alicyclic amines) is 1. The molecule has 1 amide bonds. The minimum absolute atomic E-state index is 0.125. The molecule has 28 heavy (non-hydrogen) atoms. The Hall–Kier alpha value is -1.81. The maximum Gasteiger partial charge on any atom is 0.240 e. The maximum atomic E-state index is 12.5. The Balaban J connectivity index is 1.52. The van der Waals surface area contributed by atoms with Crippen molar-refractivity contribution in [2.45, 2.75) is 38.1 Å². The number of rotatable bonds is 7. The van der Waals surface area contributed by atoms with Gasteiger partial charge in [-0.2, -0.15) is 0 Å². The second-order valence-corrected chi connectivity index (χ2v) is 9.86. The Morgan fingerprint density at radius 3 is 2.79 bits per heavy atom. The lowest BCUT2D eigenvalue weighted by molar-refractivity contribution is -0.114. The van der Waals surface area contributed by atoms with Gasteiger partial charge in [0.25, 0.3) is 0 Å². The van der Waals surface area contributed by atoms with Crippen LogP contribution in [0.4, 0.5) is 5.13 Å². The summed E-state index contributed by atoms with van der Waals surface area (Å²) in [4.78, 5) is 18.1. The minimum Gasteiger partial charge on any atom is -0.302 e. The summed E-state index contributed by atoms with van der Waals surface area (Å²) in [5.41, 5.74) is 1.96. The summed E-state index contributed by atoms with van der Waals surface area (Å²) in [5.74, 6) is 0.141. The van der Waals surface area contributed by atoms with Crippen LogP contribution in [0.3, 0.4) is 0 Å². The molecule has 1 unspecified atom stereocenters. The van der Waals surface area contributed by atoms with Gasteiger partial charge in [-0.15, -0.1) is 11.3 Å². The third kappa shape index (κ3) is 5.84. The number of piperidine rings is 1. The molecule has 1 saturated heterocycles. The molecule has 2 N–H and O–H groups in total. The van der Waals surface area contributed by atoms with Gasteiger partial charge in [0.2, 0.25) is 15.9 Å². The fourth-order valence-electron chi connectivity index (χ4n) is 3.31. The molecular formula is C19H26N4O3S2. The van der Waals surface area contributed by atoms with E-state index in [-0.39, 0.29) is 11.8 Å². The second kappa shape index (κ2) is 9.13. The Labute approximate surface area is 170 Å². The molecule has 2 heterocycles. The lowest BCUT2D eigenvalue weighted by Crippen LogP contribution is -2.40. The lowest BCUT2D eigenvalue weighted by atomic mass is 9.98. The summed E-state index contributed by atoms with van der Waals surface area (Å²) >= 11 is 1.42. The van der Waals surface area contributed by atoms with E-state index >= 15 is 0 Å². The molecule has 3 rings (SSSR count). The predicted molar refractivity (Wildman–Crippen MR) is 111 cm³/mol. The SMILES string of the molecule is CC(=O)Nc1nc(CN2CCCC(CNS(=O)(=O)c3ccc(C)cc3)C2)cs1. The molecule has 0 aliphatic carbocycles. The van der Waals surface area contributed by atoms with Crippen LogP contribution in [-0.4, -0.2) is 43.8 Å². The summed E-state index contributed by atoms with van der Waals surface area (Å²) in [7, 11) is -3.48. The topological polar surface area (TPSA) is 91.4 Å². The summed E-state index contributed by atoms with van der Waals surface area (Å²) in [6, 6.07) is 6.89. The normalized spacial score (nSPS) is 18.1. The van der Waals surface area contributed by atoms with Gasteiger partial charge in [0.05, 0.1) is 10.6 Å². The van der Waals surface area contributed by atoms with Crippen molar-refractivity contribution < 1.29 is 13.2 Å². The average Bonchev–Trinajstić information content (AvgIpc) is 3.07. The second-order valence-electron chi connectivity index (χ2n) is 7.23. The summed E-state index contributed by atoms with van der Waals surface area (Å²) in [6.07, 6.45) is 2.03. The monoisotopic (exact) mass is 422 g/mol. The van der Waals surface area contributed by atoms with Crippen LogP contribution >= 0.6 is 11.3 Å². The Kier molecular flexibility index (Phi) is 6.82. The Morgan fingerprint density at radius 1 is 1.32 bits per heavy atom. The third-order valence-electron chi connectivity index (χ3n) is 4.72. The number of nitrogens with one attached hydrogen (secondary N) is 2. The predicted octanol–water partition coefficient (Wildman–Crippen LogP) is 2.60. The molecule has 7 nitrogen and oxygen atoms in total. The van der Waals surface area contributed by atoms with Crippen LogP contribution in [0, 0.1) is 12.8 Å². The number of aromatic nitrogens is 1. The summed E-state index contributed by atoms with van der Waals surface area (Å²) < 4.78 is 27.7. The van der Waals surface area contributed by atoms with E-state index in [4.69, 9.17) is 0 Å². The van der Waals surface area contributed by atoms with Crippen LogP contribution in [0.15, 0.2) is 34.5 Å². The minimum atomic E-state index is -3.48. The number of aryl methyl sites for hydroxylation is 1. The first-order valence-corrected chi connectivity index (χ1v) is 11.7. The molecule has 1 fully saturated rings. The van der Waals surface area contributed by atoms with Gasteiger partial charge in [0.15, 0.2) is 5.13 Å². The van der Waals surface area contributed by atoms with Gasteiger partial charge >= 0.3 is 0 Å². The van der Waals surface area contributed by atoms with Crippen molar-refractivity contribution in [3.8, 4) is 0 Å². The zero-order valence-electron chi connectivity index (χ0n) is 16.1. The van der Waals surface area contributed by atoms with Crippen LogP contribution in [0.5, 0.6) is 0 Å². The number of sulfonamides is 1. The molecule has 1 aliphatic rings. The zero-order valence-corrected chi connectivity index (χ0v) is 17.8. The van der Waals surface area contributed by atoms with E-state index in [0.717, 1.165) is 37.2 Å². The fourth-order valence-corrected chi connectivity index (χ4v) is 5.17. The highest BCUT2D eigenvalue weighted by Gasteiger charge is 2.23. The van der Waals surface area contributed by atoms with Gasteiger partial charge in [-0.3, -0.25) is 9.69 Å². The first-order chi connectivity index (χ1) is 13.3. The number of hydrogen-bond acceptors (Lipinski definition) is 6. The van der Waals surface area contributed by atoms with Crippen molar-refractivity contribution in [3.63, 3.8) is 0 Å². The zero-order chi connectivity index (χ0) is 20.1. The first-order valence-electron chi connectivity index (χ1n) is 9.32. The fraction of sp³-hybridized carbons (Fsp3) is 0.474. The van der Waals surface area contributed by atoms with E-state index in [9.17, 15) is 13.2 Å². The lowest BCUT2D eigenvalue weighted by Gasteiger charge is -2.32. The number of hydrogen-bond donors (Lipinski definition) is 2. The van der Waals surface area contributed by atoms with Gasteiger partial charge < -0.3 is 5.32 Å². The van der Waals surface area contributed by atoms with Crippen LogP contribution in [0.1, 0.15) is 31.0 Å². The van der Waals surface area contributed by atoms with Gasteiger partial charge in [-0.25, -0.2) is 18.1 Å². The quantitative estimate of drug-likeness (QED) is 0.716. The average molecular weight is 423 g/mol. The highest BCUT2D eigenvalue weighted by molar-refractivity contribution is 7.89. The smallest absolute Gasteiger partial charge is 0.240 e. The molecule has 1 atom stereocenters. The highest BCUT2D eigenvalue weighted by Crippen LogP contribution is 2.21. The van der Waals surface area contributed by atoms with Gasteiger partial charge in [0, 0.05) is 31.9 Å². The van der Waals surface area contributed by atoms with Crippen LogP contribution < -0.4 is 10.0 Å². The van der Waals surface area contributed by atoms with Gasteiger partial charge in [0.1, 0.15) is 0 Å². The number of thiazole rings is 1. The van der Waals surface area contributed by atoms with Crippen molar-refractivity contribution in [2.24, 2.45) is 5.92 Å². The summed E-state index contributed by atoms with van der Waals surface area (Å²) in [5, 5.41) is 5.27. The van der Waals surface area contributed by atoms with Gasteiger partial charge in [-0.1, -0.05) is 17.7 Å². The van der Waals surface area contributed by atoms with E-state index in [1.807, 2.05) is 12.3 Å². The van der Waals surface area contributed by atoms with Gasteiger partial charge in [-0.05, 0) is 44.4 Å². The molecule has 0 radical (unpaired) electrons. The van der Waals surface area contributed by atoms with E-state index in [1.165, 1.54) is 18.3 Å². The van der Waals surface area contributed by atoms with E-state index in [1.54, 1.807) is 24.3 Å². The van der Waals surface area contributed by atoms with Crippen molar-refractivity contribution in [1.82, 2.24) is 14.6 Å². The molecule has 0 saturated carbocycles. The molecular weight excluding hydrogens is 396 g/mol. The molecule has 1 aliphatic heterocycles. The standard InChI is InChI=1S/C19H26N4O3S2/c1-14-5-7-18(8-6-14)28(25,26)20-10-16-4-3-9-23(11-16)12-17-13-27-19(22-17)21-15(2)24/h5-8,13,16,20H,3-4,9-12H2,1-2H3,(H,21,22,24). The largest absolute Gasteiger partial charge is 0.302 e. The number of amides is 1.